The summed E-state index contributed by atoms with van der Waals surface area (Å²) in [6.45, 7) is 4.94. The summed E-state index contributed by atoms with van der Waals surface area (Å²) >= 11 is 0. The molecule has 1 aromatic carbocycles. The van der Waals surface area contributed by atoms with Gasteiger partial charge in [0.1, 0.15) is 12.0 Å². The second-order valence-electron chi connectivity index (χ2n) is 4.05. The lowest BCUT2D eigenvalue weighted by Gasteiger charge is -2.14. The number of carbonyl (C=O) groups excluding carboxylic acids is 1. The Morgan fingerprint density at radius 2 is 2.23 bits per heavy atom. The van der Waals surface area contributed by atoms with Crippen molar-refractivity contribution >= 4 is 6.29 Å². The van der Waals surface area contributed by atoms with Gasteiger partial charge in [0, 0.05) is 16.5 Å². The van der Waals surface area contributed by atoms with Crippen molar-refractivity contribution < 1.29 is 9.53 Å². The molecule has 0 saturated heterocycles. The van der Waals surface area contributed by atoms with Gasteiger partial charge in [-0.1, -0.05) is 13.8 Å². The minimum Gasteiger partial charge on any atom is -0.492 e. The van der Waals surface area contributed by atoms with E-state index in [9.17, 15) is 4.79 Å². The highest BCUT2D eigenvalue weighted by Gasteiger charge is 2.31. The number of rotatable bonds is 1. The highest BCUT2D eigenvalue weighted by molar-refractivity contribution is 5.76. The zero-order chi connectivity index (χ0) is 9.47. The van der Waals surface area contributed by atoms with Gasteiger partial charge in [0.15, 0.2) is 0 Å². The second-order valence-corrected chi connectivity index (χ2v) is 4.05. The fourth-order valence-electron chi connectivity index (χ4n) is 1.61. The molecule has 1 aliphatic rings. The van der Waals surface area contributed by atoms with Crippen LogP contribution in [0.2, 0.25) is 0 Å². The lowest BCUT2D eigenvalue weighted by Crippen LogP contribution is -2.18. The molecule has 0 amide bonds. The van der Waals surface area contributed by atoms with Crippen LogP contribution in [0.25, 0.3) is 0 Å². The molecular formula is C11H12O2. The van der Waals surface area contributed by atoms with Gasteiger partial charge < -0.3 is 4.74 Å². The van der Waals surface area contributed by atoms with Crippen LogP contribution in [0.4, 0.5) is 0 Å². The standard InChI is InChI=1S/C11H12O2/c1-11(2)7-13-10-4-3-8(6-12)5-9(10)11/h3-6H,7H2,1-2H3. The van der Waals surface area contributed by atoms with Crippen LogP contribution in [0.1, 0.15) is 29.8 Å². The first-order valence-corrected chi connectivity index (χ1v) is 4.36. The Bertz CT molecular complexity index is 353. The monoisotopic (exact) mass is 176 g/mol. The summed E-state index contributed by atoms with van der Waals surface area (Å²) in [4.78, 5) is 10.6. The number of ether oxygens (including phenoxy) is 1. The Hall–Kier alpha value is -1.31. The zero-order valence-corrected chi connectivity index (χ0v) is 7.83. The molecule has 0 saturated carbocycles. The van der Waals surface area contributed by atoms with Crippen molar-refractivity contribution in [1.29, 1.82) is 0 Å². The molecule has 0 spiro atoms. The minimum absolute atomic E-state index is 0.0361. The molecule has 0 N–H and O–H groups in total. The number of hydrogen-bond acceptors (Lipinski definition) is 2. The van der Waals surface area contributed by atoms with Crippen molar-refractivity contribution in [3.05, 3.63) is 29.3 Å². The molecule has 1 aromatic rings. The Balaban J connectivity index is 2.55. The maximum atomic E-state index is 10.6. The molecule has 0 atom stereocenters. The van der Waals surface area contributed by atoms with Crippen molar-refractivity contribution in [1.82, 2.24) is 0 Å². The average molecular weight is 176 g/mol. The van der Waals surface area contributed by atoms with E-state index in [4.69, 9.17) is 4.74 Å². The Morgan fingerprint density at radius 3 is 2.92 bits per heavy atom. The predicted molar refractivity (Wildman–Crippen MR) is 50.4 cm³/mol. The van der Waals surface area contributed by atoms with Gasteiger partial charge in [-0.3, -0.25) is 4.79 Å². The number of benzene rings is 1. The molecule has 0 aromatic heterocycles. The fraction of sp³-hybridized carbons (Fsp3) is 0.364. The molecule has 0 aliphatic carbocycles. The SMILES string of the molecule is CC1(C)COc2ccc(C=O)cc21. The van der Waals surface area contributed by atoms with E-state index < -0.39 is 0 Å². The van der Waals surface area contributed by atoms with Gasteiger partial charge in [-0.25, -0.2) is 0 Å². The van der Waals surface area contributed by atoms with Crippen LogP contribution in [0.15, 0.2) is 18.2 Å². The lowest BCUT2D eigenvalue weighted by molar-refractivity contribution is 0.112. The zero-order valence-electron chi connectivity index (χ0n) is 7.83. The summed E-state index contributed by atoms with van der Waals surface area (Å²) in [6.07, 6.45) is 0.870. The molecule has 2 rings (SSSR count). The van der Waals surface area contributed by atoms with Crippen LogP contribution in [0.5, 0.6) is 5.75 Å². The summed E-state index contributed by atoms with van der Waals surface area (Å²) in [5.74, 6) is 0.913. The predicted octanol–water partition coefficient (Wildman–Crippen LogP) is 2.17. The van der Waals surface area contributed by atoms with E-state index >= 15 is 0 Å². The van der Waals surface area contributed by atoms with E-state index in [-0.39, 0.29) is 5.41 Å². The fourth-order valence-corrected chi connectivity index (χ4v) is 1.61. The minimum atomic E-state index is 0.0361. The Morgan fingerprint density at radius 1 is 1.46 bits per heavy atom. The Kier molecular flexibility index (Phi) is 1.65. The van der Waals surface area contributed by atoms with Gasteiger partial charge >= 0.3 is 0 Å². The molecule has 13 heavy (non-hydrogen) atoms. The van der Waals surface area contributed by atoms with Crippen LogP contribution in [-0.4, -0.2) is 12.9 Å². The van der Waals surface area contributed by atoms with E-state index in [0.717, 1.165) is 23.2 Å². The van der Waals surface area contributed by atoms with Gasteiger partial charge in [-0.05, 0) is 18.2 Å². The third-order valence-corrected chi connectivity index (χ3v) is 2.46. The summed E-state index contributed by atoms with van der Waals surface area (Å²) < 4.78 is 5.50. The van der Waals surface area contributed by atoms with Gasteiger partial charge in [-0.15, -0.1) is 0 Å². The molecule has 0 fully saturated rings. The number of carbonyl (C=O) groups is 1. The van der Waals surface area contributed by atoms with Crippen molar-refractivity contribution in [2.24, 2.45) is 0 Å². The normalized spacial score (nSPS) is 17.7. The van der Waals surface area contributed by atoms with Crippen LogP contribution < -0.4 is 4.74 Å². The van der Waals surface area contributed by atoms with Gasteiger partial charge in [-0.2, -0.15) is 0 Å². The second kappa shape index (κ2) is 2.59. The van der Waals surface area contributed by atoms with Gasteiger partial charge in [0.2, 0.25) is 0 Å². The molecule has 0 radical (unpaired) electrons. The summed E-state index contributed by atoms with van der Waals surface area (Å²) in [7, 11) is 0. The van der Waals surface area contributed by atoms with Crippen molar-refractivity contribution in [2.75, 3.05) is 6.61 Å². The number of hydrogen-bond donors (Lipinski definition) is 0. The Labute approximate surface area is 77.5 Å². The highest BCUT2D eigenvalue weighted by Crippen LogP contribution is 2.38. The maximum Gasteiger partial charge on any atom is 0.150 e. The largest absolute Gasteiger partial charge is 0.492 e. The van der Waals surface area contributed by atoms with E-state index in [1.165, 1.54) is 0 Å². The highest BCUT2D eigenvalue weighted by atomic mass is 16.5. The third-order valence-electron chi connectivity index (χ3n) is 2.46. The van der Waals surface area contributed by atoms with E-state index in [1.807, 2.05) is 12.1 Å². The molecule has 2 nitrogen and oxygen atoms in total. The maximum absolute atomic E-state index is 10.6. The van der Waals surface area contributed by atoms with Crippen molar-refractivity contribution in [2.45, 2.75) is 19.3 Å². The number of aldehydes is 1. The quantitative estimate of drug-likeness (QED) is 0.613. The van der Waals surface area contributed by atoms with Gasteiger partial charge in [0.05, 0.1) is 6.61 Å². The first-order chi connectivity index (χ1) is 6.13. The summed E-state index contributed by atoms with van der Waals surface area (Å²) in [6, 6.07) is 5.57. The van der Waals surface area contributed by atoms with Crippen molar-refractivity contribution in [3.63, 3.8) is 0 Å². The first-order valence-electron chi connectivity index (χ1n) is 4.36. The molecule has 68 valence electrons. The van der Waals surface area contributed by atoms with E-state index in [2.05, 4.69) is 13.8 Å². The first kappa shape index (κ1) is 8.30. The van der Waals surface area contributed by atoms with Crippen molar-refractivity contribution in [3.8, 4) is 5.75 Å². The van der Waals surface area contributed by atoms with Crippen LogP contribution in [0, 0.1) is 0 Å². The topological polar surface area (TPSA) is 26.3 Å². The smallest absolute Gasteiger partial charge is 0.150 e. The lowest BCUT2D eigenvalue weighted by atomic mass is 9.86. The molecule has 1 heterocycles. The van der Waals surface area contributed by atoms with Crippen LogP contribution in [-0.2, 0) is 5.41 Å². The van der Waals surface area contributed by atoms with E-state index in [1.54, 1.807) is 6.07 Å². The molecule has 2 heteroatoms. The van der Waals surface area contributed by atoms with Gasteiger partial charge in [0.25, 0.3) is 0 Å². The molecule has 0 bridgehead atoms. The summed E-state index contributed by atoms with van der Waals surface area (Å²) in [5, 5.41) is 0. The molecule has 1 aliphatic heterocycles. The summed E-state index contributed by atoms with van der Waals surface area (Å²) in [5.41, 5.74) is 1.89. The number of fused-ring (bicyclic) bond motifs is 1. The molecular weight excluding hydrogens is 164 g/mol. The van der Waals surface area contributed by atoms with Crippen LogP contribution >= 0.6 is 0 Å². The molecule has 0 unspecified atom stereocenters. The van der Waals surface area contributed by atoms with Crippen LogP contribution in [0.3, 0.4) is 0 Å². The van der Waals surface area contributed by atoms with E-state index in [0.29, 0.717) is 6.61 Å². The third kappa shape index (κ3) is 1.22. The average Bonchev–Trinajstić information content (AvgIpc) is 2.42.